The highest BCUT2D eigenvalue weighted by Gasteiger charge is 2.54. The molecule has 2 aromatic rings. The van der Waals surface area contributed by atoms with Gasteiger partial charge < -0.3 is 20.1 Å². The number of fused-ring (bicyclic) bond motifs is 3. The smallest absolute Gasteiger partial charge is 0.407 e. The van der Waals surface area contributed by atoms with Crippen LogP contribution in [-0.4, -0.2) is 53.2 Å². The van der Waals surface area contributed by atoms with Crippen LogP contribution >= 0.6 is 0 Å². The zero-order valence-corrected chi connectivity index (χ0v) is 19.4. The number of carboxylic acids is 1. The Kier molecular flexibility index (Phi) is 5.58. The lowest BCUT2D eigenvalue weighted by molar-refractivity contribution is -0.162. The van der Waals surface area contributed by atoms with Gasteiger partial charge >= 0.3 is 12.1 Å². The third-order valence-corrected chi connectivity index (χ3v) is 8.03. The number of nitrogens with zero attached hydrogens (tertiary/aromatic N) is 1. The summed E-state index contributed by atoms with van der Waals surface area (Å²) in [7, 11) is 0. The standard InChI is InChI=1S/C27H30N2O5/c1-26(24(31)32)12-7-15-29(26)23(30)27(13-6-14-27)17-28-25(33)34-16-22-20-10-4-2-8-18(20)19-9-3-5-11-21(19)22/h2-5,8-11,22H,6-7,12-17H2,1H3,(H,28,33)(H,31,32)/t26-/m0/s1. The molecule has 7 heteroatoms. The van der Waals surface area contributed by atoms with Crippen LogP contribution in [0.1, 0.15) is 56.1 Å². The van der Waals surface area contributed by atoms with Gasteiger partial charge in [0.1, 0.15) is 12.1 Å². The summed E-state index contributed by atoms with van der Waals surface area (Å²) < 4.78 is 5.62. The molecular weight excluding hydrogens is 432 g/mol. The van der Waals surface area contributed by atoms with Gasteiger partial charge in [-0.2, -0.15) is 0 Å². The molecule has 178 valence electrons. The van der Waals surface area contributed by atoms with Gasteiger partial charge in [0.05, 0.1) is 5.41 Å². The normalized spacial score (nSPS) is 22.4. The highest BCUT2D eigenvalue weighted by atomic mass is 16.5. The summed E-state index contributed by atoms with van der Waals surface area (Å²) in [6.45, 7) is 2.43. The van der Waals surface area contributed by atoms with Crippen LogP contribution in [0, 0.1) is 5.41 Å². The molecular formula is C27H30N2O5. The Labute approximate surface area is 199 Å². The summed E-state index contributed by atoms with van der Waals surface area (Å²) in [5.74, 6) is -1.17. The Hall–Kier alpha value is -3.35. The number of hydrogen-bond acceptors (Lipinski definition) is 4. The SMILES string of the molecule is C[C@@]1(C(=O)O)CCCN1C(=O)C1(CNC(=O)OCC2c3ccccc3-c3ccccc32)CCC1. The number of carbonyl (C=O) groups excluding carboxylic acids is 2. The number of benzene rings is 2. The number of carboxylic acid groups (broad SMARTS) is 1. The summed E-state index contributed by atoms with van der Waals surface area (Å²) in [6, 6.07) is 16.3. The van der Waals surface area contributed by atoms with E-state index in [2.05, 4.69) is 29.6 Å². The van der Waals surface area contributed by atoms with E-state index in [-0.39, 0.29) is 25.0 Å². The van der Waals surface area contributed by atoms with Crippen molar-refractivity contribution < 1.29 is 24.2 Å². The molecule has 7 nitrogen and oxygen atoms in total. The molecule has 1 saturated heterocycles. The Bertz CT molecular complexity index is 1100. The van der Waals surface area contributed by atoms with Crippen LogP contribution in [0.25, 0.3) is 11.1 Å². The van der Waals surface area contributed by atoms with Gasteiger partial charge in [-0.25, -0.2) is 9.59 Å². The molecule has 0 bridgehead atoms. The number of carbonyl (C=O) groups is 3. The monoisotopic (exact) mass is 462 g/mol. The van der Waals surface area contributed by atoms with E-state index in [4.69, 9.17) is 4.74 Å². The Morgan fingerprint density at radius 3 is 2.18 bits per heavy atom. The van der Waals surface area contributed by atoms with Crippen LogP contribution in [0.3, 0.4) is 0 Å². The zero-order chi connectivity index (χ0) is 23.9. The fraction of sp³-hybridized carbons (Fsp3) is 0.444. The van der Waals surface area contributed by atoms with E-state index in [1.165, 1.54) is 16.0 Å². The fourth-order valence-electron chi connectivity index (χ4n) is 5.76. The van der Waals surface area contributed by atoms with Crippen molar-refractivity contribution in [3.05, 3.63) is 59.7 Å². The number of aliphatic carboxylic acids is 1. The molecule has 0 radical (unpaired) electrons. The van der Waals surface area contributed by atoms with Crippen LogP contribution in [0.15, 0.2) is 48.5 Å². The number of ether oxygens (including phenoxy) is 1. The van der Waals surface area contributed by atoms with Crippen LogP contribution in [0.4, 0.5) is 4.79 Å². The summed E-state index contributed by atoms with van der Waals surface area (Å²) in [6.07, 6.45) is 2.73. The minimum Gasteiger partial charge on any atom is -0.480 e. The number of hydrogen-bond donors (Lipinski definition) is 2. The average molecular weight is 463 g/mol. The average Bonchev–Trinajstić information content (AvgIpc) is 3.36. The fourth-order valence-corrected chi connectivity index (χ4v) is 5.76. The third-order valence-electron chi connectivity index (χ3n) is 8.03. The predicted octanol–water partition coefficient (Wildman–Crippen LogP) is 4.16. The summed E-state index contributed by atoms with van der Waals surface area (Å²) in [4.78, 5) is 39.4. The van der Waals surface area contributed by atoms with Crippen molar-refractivity contribution >= 4 is 18.0 Å². The van der Waals surface area contributed by atoms with E-state index in [0.717, 1.165) is 17.5 Å². The van der Waals surface area contributed by atoms with Crippen molar-refractivity contribution in [2.24, 2.45) is 5.41 Å². The second-order valence-corrected chi connectivity index (χ2v) is 9.95. The number of rotatable bonds is 6. The zero-order valence-electron chi connectivity index (χ0n) is 19.4. The van der Waals surface area contributed by atoms with Gasteiger partial charge in [-0.05, 0) is 54.9 Å². The molecule has 3 aliphatic rings. The van der Waals surface area contributed by atoms with Crippen LogP contribution in [-0.2, 0) is 14.3 Å². The lowest BCUT2D eigenvalue weighted by Crippen LogP contribution is -2.59. The molecule has 5 rings (SSSR count). The molecule has 2 N–H and O–H groups in total. The van der Waals surface area contributed by atoms with E-state index in [0.29, 0.717) is 32.2 Å². The van der Waals surface area contributed by atoms with Gasteiger partial charge in [0, 0.05) is 19.0 Å². The molecule has 2 aromatic carbocycles. The minimum absolute atomic E-state index is 0.0293. The molecule has 1 saturated carbocycles. The first kappa shape index (κ1) is 22.4. The Balaban J connectivity index is 1.23. The lowest BCUT2D eigenvalue weighted by atomic mass is 9.67. The van der Waals surface area contributed by atoms with Crippen molar-refractivity contribution in [3.8, 4) is 11.1 Å². The van der Waals surface area contributed by atoms with Gasteiger partial charge in [0.2, 0.25) is 5.91 Å². The number of likely N-dealkylation sites (tertiary alicyclic amines) is 1. The van der Waals surface area contributed by atoms with Gasteiger partial charge in [0.15, 0.2) is 0 Å². The van der Waals surface area contributed by atoms with Crippen molar-refractivity contribution in [2.75, 3.05) is 19.7 Å². The van der Waals surface area contributed by atoms with E-state index >= 15 is 0 Å². The summed E-state index contributed by atoms with van der Waals surface area (Å²) in [5.41, 5.74) is 2.69. The second-order valence-electron chi connectivity index (χ2n) is 9.95. The predicted molar refractivity (Wildman–Crippen MR) is 126 cm³/mol. The van der Waals surface area contributed by atoms with Crippen LogP contribution in [0.2, 0.25) is 0 Å². The molecule has 1 atom stereocenters. The highest BCUT2D eigenvalue weighted by molar-refractivity contribution is 5.91. The first-order chi connectivity index (χ1) is 16.4. The second kappa shape index (κ2) is 8.46. The van der Waals surface area contributed by atoms with Crippen molar-refractivity contribution in [1.29, 1.82) is 0 Å². The molecule has 2 amide bonds. The highest BCUT2D eigenvalue weighted by Crippen LogP contribution is 2.46. The first-order valence-electron chi connectivity index (χ1n) is 12.0. The quantitative estimate of drug-likeness (QED) is 0.672. The number of alkyl carbamates (subject to hydrolysis) is 1. The van der Waals surface area contributed by atoms with E-state index in [1.54, 1.807) is 6.92 Å². The van der Waals surface area contributed by atoms with Crippen molar-refractivity contribution in [2.45, 2.75) is 50.5 Å². The van der Waals surface area contributed by atoms with Crippen LogP contribution in [0.5, 0.6) is 0 Å². The topological polar surface area (TPSA) is 95.9 Å². The largest absolute Gasteiger partial charge is 0.480 e. The van der Waals surface area contributed by atoms with E-state index in [1.807, 2.05) is 24.3 Å². The number of nitrogens with one attached hydrogen (secondary N) is 1. The molecule has 1 aliphatic heterocycles. The van der Waals surface area contributed by atoms with Gasteiger partial charge in [-0.1, -0.05) is 55.0 Å². The van der Waals surface area contributed by atoms with Gasteiger partial charge in [-0.15, -0.1) is 0 Å². The molecule has 34 heavy (non-hydrogen) atoms. The molecule has 0 unspecified atom stereocenters. The van der Waals surface area contributed by atoms with Crippen LogP contribution < -0.4 is 5.32 Å². The van der Waals surface area contributed by atoms with Gasteiger partial charge in [-0.3, -0.25) is 4.79 Å². The molecule has 2 fully saturated rings. The minimum atomic E-state index is -1.18. The number of amides is 2. The maximum absolute atomic E-state index is 13.4. The Morgan fingerprint density at radius 1 is 1.00 bits per heavy atom. The molecule has 1 heterocycles. The Morgan fingerprint density at radius 2 is 1.62 bits per heavy atom. The van der Waals surface area contributed by atoms with Gasteiger partial charge in [0.25, 0.3) is 0 Å². The molecule has 0 spiro atoms. The first-order valence-corrected chi connectivity index (χ1v) is 12.0. The maximum atomic E-state index is 13.4. The lowest BCUT2D eigenvalue weighted by Gasteiger charge is -2.45. The molecule has 2 aliphatic carbocycles. The summed E-state index contributed by atoms with van der Waals surface area (Å²) >= 11 is 0. The molecule has 0 aromatic heterocycles. The van der Waals surface area contributed by atoms with Crippen molar-refractivity contribution in [1.82, 2.24) is 10.2 Å². The third kappa shape index (κ3) is 3.54. The maximum Gasteiger partial charge on any atom is 0.407 e. The van der Waals surface area contributed by atoms with Crippen molar-refractivity contribution in [3.63, 3.8) is 0 Å². The van der Waals surface area contributed by atoms with E-state index < -0.39 is 23.0 Å². The summed E-state index contributed by atoms with van der Waals surface area (Å²) in [5, 5.41) is 12.5. The van der Waals surface area contributed by atoms with E-state index in [9.17, 15) is 19.5 Å².